The van der Waals surface area contributed by atoms with Crippen LogP contribution in [0.2, 0.25) is 0 Å². The molecule has 0 nitrogen and oxygen atoms in total. The van der Waals surface area contributed by atoms with Crippen LogP contribution in [0.4, 0.5) is 0 Å². The molecule has 0 spiro atoms. The molecule has 0 saturated heterocycles. The zero-order valence-corrected chi connectivity index (χ0v) is 8.03. The highest BCUT2D eigenvalue weighted by molar-refractivity contribution is 7.38. The molecule has 1 aliphatic rings. The van der Waals surface area contributed by atoms with Gasteiger partial charge < -0.3 is 0 Å². The zero-order valence-electron chi connectivity index (χ0n) is 7.03. The quantitative estimate of drug-likeness (QED) is 0.425. The Morgan fingerprint density at radius 3 is 2.60 bits per heavy atom. The lowest BCUT2D eigenvalue weighted by Crippen LogP contribution is -2.11. The number of hydrogen-bond donors (Lipinski definition) is 0. The van der Waals surface area contributed by atoms with E-state index in [0.29, 0.717) is 0 Å². The Balaban J connectivity index is 1.76. The van der Waals surface area contributed by atoms with E-state index in [0.717, 1.165) is 5.66 Å². The summed E-state index contributed by atoms with van der Waals surface area (Å²) in [4.78, 5) is 0. The second kappa shape index (κ2) is 5.13. The van der Waals surface area contributed by atoms with Crippen molar-refractivity contribution in [2.45, 2.75) is 51.1 Å². The number of unbranched alkanes of at least 4 members (excludes halogenated alkanes) is 2. The molecule has 1 saturated carbocycles. The van der Waals surface area contributed by atoms with E-state index in [2.05, 4.69) is 6.92 Å². The smallest absolute Gasteiger partial charge is 0.0237 e. The van der Waals surface area contributed by atoms with Crippen molar-refractivity contribution in [1.82, 2.24) is 0 Å². The summed E-state index contributed by atoms with van der Waals surface area (Å²) in [6.07, 6.45) is 10.5. The standard InChI is InChI=1S/C9H19P/c1-2-3-4-8-10-9-6-5-7-9/h9-10H,2-8H2,1H3. The number of hydrogen-bond acceptors (Lipinski definition) is 0. The van der Waals surface area contributed by atoms with E-state index in [1.165, 1.54) is 40.4 Å². The van der Waals surface area contributed by atoms with Crippen LogP contribution in [-0.2, 0) is 0 Å². The Kier molecular flexibility index (Phi) is 4.37. The van der Waals surface area contributed by atoms with E-state index in [4.69, 9.17) is 0 Å². The molecule has 1 atom stereocenters. The SMILES string of the molecule is CCCCCPC1CCC1. The molecule has 0 bridgehead atoms. The molecule has 0 aromatic rings. The van der Waals surface area contributed by atoms with Crippen molar-refractivity contribution in [2.24, 2.45) is 0 Å². The minimum atomic E-state index is 1.16. The van der Waals surface area contributed by atoms with Gasteiger partial charge in [0.05, 0.1) is 0 Å². The van der Waals surface area contributed by atoms with Gasteiger partial charge in [-0.05, 0) is 31.1 Å². The summed E-state index contributed by atoms with van der Waals surface area (Å²) in [5.74, 6) is 0. The van der Waals surface area contributed by atoms with E-state index in [1.54, 1.807) is 12.8 Å². The first-order chi connectivity index (χ1) is 4.93. The molecule has 0 amide bonds. The fourth-order valence-electron chi connectivity index (χ4n) is 1.29. The highest BCUT2D eigenvalue weighted by Crippen LogP contribution is 2.36. The molecule has 0 radical (unpaired) electrons. The molecule has 1 fully saturated rings. The lowest BCUT2D eigenvalue weighted by atomic mass is 10.00. The fourth-order valence-corrected chi connectivity index (χ4v) is 2.97. The predicted octanol–water partition coefficient (Wildman–Crippen LogP) is 3.41. The third-order valence-electron chi connectivity index (χ3n) is 2.32. The van der Waals surface area contributed by atoms with Crippen LogP contribution in [0.25, 0.3) is 0 Å². The topological polar surface area (TPSA) is 0 Å². The Labute approximate surface area is 66.6 Å². The highest BCUT2D eigenvalue weighted by Gasteiger charge is 2.15. The van der Waals surface area contributed by atoms with Crippen LogP contribution in [0.3, 0.4) is 0 Å². The van der Waals surface area contributed by atoms with Crippen LogP contribution < -0.4 is 0 Å². The summed E-state index contributed by atoms with van der Waals surface area (Å²) in [6, 6.07) is 0. The lowest BCUT2D eigenvalue weighted by molar-refractivity contribution is 0.517. The van der Waals surface area contributed by atoms with Crippen LogP contribution in [0.1, 0.15) is 45.4 Å². The van der Waals surface area contributed by atoms with E-state index < -0.39 is 0 Å². The minimum absolute atomic E-state index is 1.16. The van der Waals surface area contributed by atoms with Gasteiger partial charge in [-0.2, -0.15) is 0 Å². The molecule has 0 aromatic carbocycles. The van der Waals surface area contributed by atoms with Gasteiger partial charge in [0.25, 0.3) is 0 Å². The summed E-state index contributed by atoms with van der Waals surface area (Å²) in [5, 5.41) is 0. The van der Waals surface area contributed by atoms with Gasteiger partial charge in [0.1, 0.15) is 0 Å². The zero-order chi connectivity index (χ0) is 7.23. The molecule has 0 aliphatic heterocycles. The molecule has 1 aliphatic carbocycles. The van der Waals surface area contributed by atoms with Crippen molar-refractivity contribution in [3.63, 3.8) is 0 Å². The van der Waals surface area contributed by atoms with Crippen LogP contribution >= 0.6 is 8.58 Å². The van der Waals surface area contributed by atoms with Gasteiger partial charge in [-0.25, -0.2) is 0 Å². The summed E-state index contributed by atoms with van der Waals surface area (Å²) < 4.78 is 0. The van der Waals surface area contributed by atoms with Gasteiger partial charge >= 0.3 is 0 Å². The average Bonchev–Trinajstić information content (AvgIpc) is 1.84. The van der Waals surface area contributed by atoms with Crippen molar-refractivity contribution in [2.75, 3.05) is 6.16 Å². The lowest BCUT2D eigenvalue weighted by Gasteiger charge is -2.24. The minimum Gasteiger partial charge on any atom is -0.119 e. The molecule has 60 valence electrons. The van der Waals surface area contributed by atoms with Gasteiger partial charge in [-0.15, -0.1) is 8.58 Å². The van der Waals surface area contributed by atoms with E-state index >= 15 is 0 Å². The third-order valence-corrected chi connectivity index (χ3v) is 4.12. The summed E-state index contributed by atoms with van der Waals surface area (Å²) in [6.45, 7) is 2.28. The van der Waals surface area contributed by atoms with Gasteiger partial charge in [-0.3, -0.25) is 0 Å². The van der Waals surface area contributed by atoms with E-state index in [-0.39, 0.29) is 0 Å². The highest BCUT2D eigenvalue weighted by atomic mass is 31.1. The largest absolute Gasteiger partial charge is 0.119 e. The fraction of sp³-hybridized carbons (Fsp3) is 1.00. The average molecular weight is 158 g/mol. The Hall–Kier alpha value is 0.430. The van der Waals surface area contributed by atoms with Crippen molar-refractivity contribution in [1.29, 1.82) is 0 Å². The van der Waals surface area contributed by atoms with E-state index in [1.807, 2.05) is 0 Å². The van der Waals surface area contributed by atoms with E-state index in [9.17, 15) is 0 Å². The molecule has 0 N–H and O–H groups in total. The summed E-state index contributed by atoms with van der Waals surface area (Å²) >= 11 is 0. The Morgan fingerprint density at radius 2 is 2.10 bits per heavy atom. The molecular weight excluding hydrogens is 139 g/mol. The van der Waals surface area contributed by atoms with Crippen LogP contribution in [0.5, 0.6) is 0 Å². The Morgan fingerprint density at radius 1 is 1.30 bits per heavy atom. The summed E-state index contributed by atoms with van der Waals surface area (Å²) in [5.41, 5.74) is 1.16. The maximum Gasteiger partial charge on any atom is -0.0237 e. The van der Waals surface area contributed by atoms with Crippen molar-refractivity contribution in [3.8, 4) is 0 Å². The molecule has 10 heavy (non-hydrogen) atoms. The van der Waals surface area contributed by atoms with Crippen LogP contribution in [0, 0.1) is 0 Å². The maximum atomic E-state index is 2.28. The third kappa shape index (κ3) is 3.01. The molecule has 1 unspecified atom stereocenters. The molecule has 1 heteroatoms. The summed E-state index contributed by atoms with van der Waals surface area (Å²) in [7, 11) is 1.30. The molecule has 0 aromatic heterocycles. The second-order valence-corrected chi connectivity index (χ2v) is 5.01. The maximum absolute atomic E-state index is 2.28. The first kappa shape index (κ1) is 8.53. The van der Waals surface area contributed by atoms with Crippen molar-refractivity contribution >= 4 is 8.58 Å². The Bertz CT molecular complexity index is 76.8. The molecule has 1 rings (SSSR count). The van der Waals surface area contributed by atoms with Crippen molar-refractivity contribution in [3.05, 3.63) is 0 Å². The van der Waals surface area contributed by atoms with Crippen molar-refractivity contribution < 1.29 is 0 Å². The van der Waals surface area contributed by atoms with Gasteiger partial charge in [0.15, 0.2) is 0 Å². The monoisotopic (exact) mass is 158 g/mol. The van der Waals surface area contributed by atoms with Gasteiger partial charge in [0.2, 0.25) is 0 Å². The second-order valence-electron chi connectivity index (χ2n) is 3.29. The molecular formula is C9H19P. The van der Waals surface area contributed by atoms with Crippen LogP contribution in [-0.4, -0.2) is 11.8 Å². The first-order valence-electron chi connectivity index (χ1n) is 4.67. The predicted molar refractivity (Wildman–Crippen MR) is 50.3 cm³/mol. The normalized spacial score (nSPS) is 20.1. The number of rotatable bonds is 5. The first-order valence-corrected chi connectivity index (χ1v) is 5.95. The van der Waals surface area contributed by atoms with Gasteiger partial charge in [0, 0.05) is 0 Å². The van der Waals surface area contributed by atoms with Gasteiger partial charge in [-0.1, -0.05) is 26.2 Å². The van der Waals surface area contributed by atoms with Crippen LogP contribution in [0.15, 0.2) is 0 Å². The molecule has 0 heterocycles.